The van der Waals surface area contributed by atoms with Gasteiger partial charge in [-0.15, -0.1) is 0 Å². The number of carbonyl (C=O) groups is 2. The number of rotatable bonds is 5. The third kappa shape index (κ3) is 3.28. The van der Waals surface area contributed by atoms with Crippen LogP contribution in [0.3, 0.4) is 0 Å². The lowest BCUT2D eigenvalue weighted by molar-refractivity contribution is -0.127. The summed E-state index contributed by atoms with van der Waals surface area (Å²) in [7, 11) is 1.59. The molecule has 7 heteroatoms. The molecule has 32 heavy (non-hydrogen) atoms. The van der Waals surface area contributed by atoms with Crippen LogP contribution in [0, 0.1) is 0 Å². The van der Waals surface area contributed by atoms with Gasteiger partial charge in [0.05, 0.1) is 25.6 Å². The fraction of sp³-hybridized carbons (Fsp3) is 0.360. The summed E-state index contributed by atoms with van der Waals surface area (Å²) < 4.78 is 12.9. The second kappa shape index (κ2) is 7.89. The molecule has 7 nitrogen and oxygen atoms in total. The summed E-state index contributed by atoms with van der Waals surface area (Å²) in [6, 6.07) is 14.8. The molecule has 0 unspecified atom stereocenters. The van der Waals surface area contributed by atoms with Crippen LogP contribution < -0.4 is 15.0 Å². The molecule has 1 saturated carbocycles. The topological polar surface area (TPSA) is 76.7 Å². The van der Waals surface area contributed by atoms with Crippen LogP contribution >= 0.6 is 0 Å². The number of amides is 2. The van der Waals surface area contributed by atoms with E-state index >= 15 is 0 Å². The maximum atomic E-state index is 13.8. The first-order chi connectivity index (χ1) is 15.5. The Morgan fingerprint density at radius 3 is 2.62 bits per heavy atom. The number of hydrogen-bond acceptors (Lipinski definition) is 4. The largest absolute Gasteiger partial charge is 0.497 e. The van der Waals surface area contributed by atoms with Gasteiger partial charge < -0.3 is 19.0 Å². The zero-order valence-electron chi connectivity index (χ0n) is 18.3. The van der Waals surface area contributed by atoms with Crippen molar-refractivity contribution < 1.29 is 18.7 Å². The van der Waals surface area contributed by atoms with E-state index < -0.39 is 5.54 Å². The molecule has 2 amide bonds. The van der Waals surface area contributed by atoms with E-state index in [4.69, 9.17) is 9.15 Å². The predicted octanol–water partition coefficient (Wildman–Crippen LogP) is 4.23. The summed E-state index contributed by atoms with van der Waals surface area (Å²) in [5.74, 6) is 0.917. The maximum absolute atomic E-state index is 13.8. The van der Waals surface area contributed by atoms with E-state index in [1.54, 1.807) is 30.4 Å². The average Bonchev–Trinajstić information content (AvgIpc) is 3.55. The highest BCUT2D eigenvalue weighted by atomic mass is 16.5. The van der Waals surface area contributed by atoms with Gasteiger partial charge in [-0.3, -0.25) is 14.5 Å². The summed E-state index contributed by atoms with van der Waals surface area (Å²) in [5.41, 5.74) is 0.804. The van der Waals surface area contributed by atoms with Gasteiger partial charge in [0.2, 0.25) is 5.91 Å². The molecule has 0 radical (unpaired) electrons. The number of fused-ring (bicyclic) bond motifs is 1. The quantitative estimate of drug-likeness (QED) is 0.653. The molecule has 0 saturated heterocycles. The van der Waals surface area contributed by atoms with E-state index in [1.807, 2.05) is 47.9 Å². The van der Waals surface area contributed by atoms with Crippen molar-refractivity contribution in [2.75, 3.05) is 12.0 Å². The van der Waals surface area contributed by atoms with Crippen molar-refractivity contribution >= 4 is 17.5 Å². The van der Waals surface area contributed by atoms with Crippen LogP contribution in [-0.4, -0.2) is 35.1 Å². The van der Waals surface area contributed by atoms with Crippen molar-refractivity contribution in [3.8, 4) is 17.2 Å². The number of nitrogens with one attached hydrogen (secondary N) is 1. The number of furan rings is 1. The lowest BCUT2D eigenvalue weighted by atomic mass is 9.93. The summed E-state index contributed by atoms with van der Waals surface area (Å²) >= 11 is 0. The van der Waals surface area contributed by atoms with Crippen LogP contribution in [0.4, 0.5) is 5.69 Å². The first kappa shape index (κ1) is 20.4. The molecule has 5 rings (SSSR count). The SMILES string of the molecule is COc1cccc(N2C(=O)c3ccc(-c4ccco4)n3C[C@]2(C)C(=O)NC2CCCC2)c1. The van der Waals surface area contributed by atoms with Gasteiger partial charge in [-0.1, -0.05) is 18.9 Å². The highest BCUT2D eigenvalue weighted by molar-refractivity contribution is 6.12. The standard InChI is InChI=1S/C25H27N3O4/c1-25(24(30)26-17-7-3-4-8-17)16-27-20(22-11-6-14-32-22)12-13-21(27)23(29)28(25)18-9-5-10-19(15-18)31-2/h5-6,9-15,17H,3-4,7-8,16H2,1-2H3,(H,26,30)/t25-/m1/s1. The lowest BCUT2D eigenvalue weighted by Crippen LogP contribution is -2.65. The summed E-state index contributed by atoms with van der Waals surface area (Å²) in [4.78, 5) is 29.1. The van der Waals surface area contributed by atoms with Gasteiger partial charge in [-0.2, -0.15) is 0 Å². The normalized spacial score (nSPS) is 20.9. The van der Waals surface area contributed by atoms with Crippen molar-refractivity contribution in [1.82, 2.24) is 9.88 Å². The number of benzene rings is 1. The number of carbonyl (C=O) groups excluding carboxylic acids is 2. The van der Waals surface area contributed by atoms with Crippen molar-refractivity contribution in [3.05, 3.63) is 60.5 Å². The number of anilines is 1. The molecule has 1 aliphatic heterocycles. The van der Waals surface area contributed by atoms with Gasteiger partial charge >= 0.3 is 0 Å². The van der Waals surface area contributed by atoms with E-state index in [2.05, 4.69) is 5.32 Å². The fourth-order valence-electron chi connectivity index (χ4n) is 4.92. The van der Waals surface area contributed by atoms with Crippen molar-refractivity contribution in [2.45, 2.75) is 50.7 Å². The third-order valence-corrected chi connectivity index (χ3v) is 6.63. The molecule has 3 heterocycles. The second-order valence-electron chi connectivity index (χ2n) is 8.74. The van der Waals surface area contributed by atoms with Gasteiger partial charge in [-0.25, -0.2) is 0 Å². The average molecular weight is 434 g/mol. The molecule has 1 aromatic carbocycles. The monoisotopic (exact) mass is 433 g/mol. The molecule has 1 fully saturated rings. The molecule has 1 aliphatic carbocycles. The molecule has 1 N–H and O–H groups in total. The minimum absolute atomic E-state index is 0.148. The van der Waals surface area contributed by atoms with Gasteiger partial charge in [0.1, 0.15) is 22.7 Å². The van der Waals surface area contributed by atoms with Crippen LogP contribution in [0.2, 0.25) is 0 Å². The smallest absolute Gasteiger partial charge is 0.275 e. The summed E-state index contributed by atoms with van der Waals surface area (Å²) in [5, 5.41) is 3.21. The van der Waals surface area contributed by atoms with Crippen LogP contribution in [0.5, 0.6) is 5.75 Å². The number of aromatic nitrogens is 1. The molecule has 3 aromatic rings. The Morgan fingerprint density at radius 1 is 1.12 bits per heavy atom. The highest BCUT2D eigenvalue weighted by Gasteiger charge is 2.49. The number of hydrogen-bond donors (Lipinski definition) is 1. The van der Waals surface area contributed by atoms with Gasteiger partial charge in [0.25, 0.3) is 5.91 Å². The predicted molar refractivity (Wildman–Crippen MR) is 121 cm³/mol. The first-order valence-electron chi connectivity index (χ1n) is 11.0. The Kier molecular flexibility index (Phi) is 5.04. The van der Waals surface area contributed by atoms with Crippen molar-refractivity contribution in [2.24, 2.45) is 0 Å². The molecular formula is C25H27N3O4. The van der Waals surface area contributed by atoms with E-state index in [0.29, 0.717) is 29.4 Å². The third-order valence-electron chi connectivity index (χ3n) is 6.63. The molecule has 1 atom stereocenters. The minimum atomic E-state index is -1.13. The number of ether oxygens (including phenoxy) is 1. The Bertz CT molecular complexity index is 1140. The fourth-order valence-corrected chi connectivity index (χ4v) is 4.92. The van der Waals surface area contributed by atoms with E-state index in [-0.39, 0.29) is 17.9 Å². The van der Waals surface area contributed by atoms with E-state index in [1.165, 1.54) is 0 Å². The number of methoxy groups -OCH3 is 1. The summed E-state index contributed by atoms with van der Waals surface area (Å²) in [6.45, 7) is 2.15. The maximum Gasteiger partial charge on any atom is 0.275 e. The lowest BCUT2D eigenvalue weighted by Gasteiger charge is -2.44. The van der Waals surface area contributed by atoms with Crippen LogP contribution in [0.15, 0.2) is 59.2 Å². The Labute approximate surface area is 187 Å². The first-order valence-corrected chi connectivity index (χ1v) is 11.0. The van der Waals surface area contributed by atoms with Crippen LogP contribution in [0.1, 0.15) is 43.1 Å². The highest BCUT2D eigenvalue weighted by Crippen LogP contribution is 2.37. The van der Waals surface area contributed by atoms with Gasteiger partial charge in [-0.05, 0) is 56.2 Å². The van der Waals surface area contributed by atoms with Crippen LogP contribution in [0.25, 0.3) is 11.5 Å². The molecule has 2 aliphatic rings. The number of nitrogens with zero attached hydrogens (tertiary/aromatic N) is 2. The molecule has 0 spiro atoms. The second-order valence-corrected chi connectivity index (χ2v) is 8.74. The van der Waals surface area contributed by atoms with E-state index in [9.17, 15) is 9.59 Å². The molecule has 166 valence electrons. The molecule has 2 aromatic heterocycles. The van der Waals surface area contributed by atoms with Crippen LogP contribution in [-0.2, 0) is 11.3 Å². The van der Waals surface area contributed by atoms with Gasteiger partial charge in [0.15, 0.2) is 0 Å². The van der Waals surface area contributed by atoms with Crippen molar-refractivity contribution in [3.63, 3.8) is 0 Å². The van der Waals surface area contributed by atoms with E-state index in [0.717, 1.165) is 31.4 Å². The Balaban J connectivity index is 1.61. The molecular weight excluding hydrogens is 406 g/mol. The van der Waals surface area contributed by atoms with Gasteiger partial charge in [0, 0.05) is 17.8 Å². The zero-order chi connectivity index (χ0) is 22.3. The Morgan fingerprint density at radius 2 is 1.91 bits per heavy atom. The van der Waals surface area contributed by atoms with Crippen molar-refractivity contribution in [1.29, 1.82) is 0 Å². The minimum Gasteiger partial charge on any atom is -0.497 e. The Hall–Kier alpha value is -3.48. The summed E-state index contributed by atoms with van der Waals surface area (Å²) in [6.07, 6.45) is 5.78. The zero-order valence-corrected chi connectivity index (χ0v) is 18.3. The molecule has 0 bridgehead atoms.